The Morgan fingerprint density at radius 3 is 2.05 bits per heavy atom. The van der Waals surface area contributed by atoms with Crippen molar-refractivity contribution in [1.82, 2.24) is 10.2 Å². The molecule has 2 saturated heterocycles. The summed E-state index contributed by atoms with van der Waals surface area (Å²) in [6.07, 6.45) is 3.48. The minimum atomic E-state index is -0.780. The van der Waals surface area contributed by atoms with Crippen LogP contribution in [0.15, 0.2) is 0 Å². The van der Waals surface area contributed by atoms with E-state index in [-0.39, 0.29) is 42.4 Å². The molecule has 6 nitrogen and oxygen atoms in total. The lowest BCUT2D eigenvalue weighted by molar-refractivity contribution is -0.152. The van der Waals surface area contributed by atoms with Crippen molar-refractivity contribution in [3.8, 4) is 0 Å². The second-order valence-electron chi connectivity index (χ2n) is 6.40. The van der Waals surface area contributed by atoms with Gasteiger partial charge in [0.25, 0.3) is 0 Å². The van der Waals surface area contributed by atoms with E-state index >= 15 is 0 Å². The molecule has 2 bridgehead atoms. The van der Waals surface area contributed by atoms with Gasteiger partial charge in [0, 0.05) is 6.42 Å². The molecule has 20 heavy (non-hydrogen) atoms. The summed E-state index contributed by atoms with van der Waals surface area (Å²) in [5.74, 6) is -0.956. The van der Waals surface area contributed by atoms with Gasteiger partial charge in [-0.3, -0.25) is 29.4 Å². The molecule has 0 aromatic rings. The number of amides is 4. The molecule has 1 N–H and O–H groups in total. The van der Waals surface area contributed by atoms with Crippen LogP contribution in [0.4, 0.5) is 0 Å². The van der Waals surface area contributed by atoms with Crippen LogP contribution in [0.2, 0.25) is 0 Å². The molecule has 2 aliphatic carbocycles. The minimum absolute atomic E-state index is 0.179. The van der Waals surface area contributed by atoms with E-state index in [2.05, 4.69) is 5.32 Å². The quantitative estimate of drug-likeness (QED) is 0.674. The van der Waals surface area contributed by atoms with Crippen LogP contribution in [0, 0.1) is 23.7 Å². The third kappa shape index (κ3) is 1.39. The number of nitrogens with one attached hydrogen (secondary N) is 1. The molecule has 4 amide bonds. The third-order valence-electron chi connectivity index (χ3n) is 5.48. The summed E-state index contributed by atoms with van der Waals surface area (Å²) in [5, 5.41) is 2.23. The standard InChI is InChI=1S/C14H16N2O4/c17-9-4-3-8(12(18)15-9)16-13(19)10-6-1-2-7(5-6)11(10)14(16)20/h6-8,10-11H,1-5H2,(H,15,17,18)/t6-,7-,8-,10-,11-/m0/s1. The Morgan fingerprint density at radius 1 is 0.900 bits per heavy atom. The molecule has 0 unspecified atom stereocenters. The van der Waals surface area contributed by atoms with Gasteiger partial charge in [-0.1, -0.05) is 0 Å². The van der Waals surface area contributed by atoms with E-state index in [1.54, 1.807) is 0 Å². The number of likely N-dealkylation sites (tertiary alicyclic amines) is 1. The first-order valence-corrected chi connectivity index (χ1v) is 7.28. The van der Waals surface area contributed by atoms with Gasteiger partial charge >= 0.3 is 0 Å². The Labute approximate surface area is 115 Å². The zero-order valence-corrected chi connectivity index (χ0v) is 11.0. The van der Waals surface area contributed by atoms with Crippen LogP contribution in [-0.4, -0.2) is 34.6 Å². The molecule has 4 aliphatic rings. The lowest BCUT2D eigenvalue weighted by Crippen LogP contribution is -2.54. The molecule has 0 spiro atoms. The molecule has 6 heteroatoms. The van der Waals surface area contributed by atoms with Crippen molar-refractivity contribution in [2.45, 2.75) is 38.1 Å². The summed E-state index contributed by atoms with van der Waals surface area (Å²) in [4.78, 5) is 49.4. The maximum Gasteiger partial charge on any atom is 0.249 e. The highest BCUT2D eigenvalue weighted by Gasteiger charge is 2.62. The van der Waals surface area contributed by atoms with Gasteiger partial charge in [0.1, 0.15) is 6.04 Å². The van der Waals surface area contributed by atoms with Crippen molar-refractivity contribution in [3.05, 3.63) is 0 Å². The molecule has 2 heterocycles. The molecule has 2 aliphatic heterocycles. The molecule has 5 atom stereocenters. The highest BCUT2D eigenvalue weighted by molar-refractivity contribution is 6.11. The molecule has 4 fully saturated rings. The average Bonchev–Trinajstić information content (AvgIpc) is 3.06. The van der Waals surface area contributed by atoms with Crippen molar-refractivity contribution < 1.29 is 19.2 Å². The molecule has 2 saturated carbocycles. The summed E-state index contributed by atoms with van der Waals surface area (Å²) in [7, 11) is 0. The number of rotatable bonds is 1. The lowest BCUT2D eigenvalue weighted by atomic mass is 9.81. The fourth-order valence-corrected chi connectivity index (χ4v) is 4.67. The fourth-order valence-electron chi connectivity index (χ4n) is 4.67. The number of carbonyl (C=O) groups is 4. The van der Waals surface area contributed by atoms with Gasteiger partial charge < -0.3 is 0 Å². The van der Waals surface area contributed by atoms with Gasteiger partial charge in [0.2, 0.25) is 23.6 Å². The molecule has 4 rings (SSSR count). The molecule has 0 aromatic carbocycles. The first kappa shape index (κ1) is 12.1. The second kappa shape index (κ2) is 3.90. The summed E-state index contributed by atoms with van der Waals surface area (Å²) < 4.78 is 0. The molecule has 106 valence electrons. The highest BCUT2D eigenvalue weighted by atomic mass is 16.2. The van der Waals surface area contributed by atoms with E-state index < -0.39 is 11.9 Å². The van der Waals surface area contributed by atoms with Crippen molar-refractivity contribution in [3.63, 3.8) is 0 Å². The Balaban J connectivity index is 1.64. The van der Waals surface area contributed by atoms with Crippen molar-refractivity contribution in [1.29, 1.82) is 0 Å². The van der Waals surface area contributed by atoms with Crippen LogP contribution in [0.3, 0.4) is 0 Å². The Hall–Kier alpha value is -1.72. The van der Waals surface area contributed by atoms with Crippen molar-refractivity contribution in [2.24, 2.45) is 23.7 Å². The topological polar surface area (TPSA) is 83.6 Å². The van der Waals surface area contributed by atoms with Gasteiger partial charge in [-0.05, 0) is 37.5 Å². The van der Waals surface area contributed by atoms with E-state index in [0.29, 0.717) is 11.8 Å². The van der Waals surface area contributed by atoms with Crippen LogP contribution in [-0.2, 0) is 19.2 Å². The molecule has 0 radical (unpaired) electrons. The maximum absolute atomic E-state index is 12.6. The summed E-state index contributed by atoms with van der Waals surface area (Å²) in [6, 6.07) is -0.780. The fraction of sp³-hybridized carbons (Fsp3) is 0.714. The number of carbonyl (C=O) groups excluding carboxylic acids is 4. The van der Waals surface area contributed by atoms with Crippen LogP contribution >= 0.6 is 0 Å². The molecular weight excluding hydrogens is 260 g/mol. The van der Waals surface area contributed by atoms with E-state index in [4.69, 9.17) is 0 Å². The number of nitrogens with zero attached hydrogens (tertiary/aromatic N) is 1. The minimum Gasteiger partial charge on any atom is -0.295 e. The maximum atomic E-state index is 12.6. The smallest absolute Gasteiger partial charge is 0.249 e. The van der Waals surface area contributed by atoms with Crippen LogP contribution in [0.5, 0.6) is 0 Å². The Kier molecular flexibility index (Phi) is 2.35. The number of hydrogen-bond donors (Lipinski definition) is 1. The number of hydrogen-bond acceptors (Lipinski definition) is 4. The second-order valence-corrected chi connectivity index (χ2v) is 6.40. The summed E-state index contributed by atoms with van der Waals surface area (Å²) in [5.41, 5.74) is 0. The predicted octanol–water partition coefficient (Wildman–Crippen LogP) is -0.177. The van der Waals surface area contributed by atoms with Gasteiger partial charge in [-0.25, -0.2) is 0 Å². The van der Waals surface area contributed by atoms with E-state index in [1.807, 2.05) is 0 Å². The van der Waals surface area contributed by atoms with Gasteiger partial charge in [-0.2, -0.15) is 0 Å². The normalized spacial score (nSPS) is 43.2. The van der Waals surface area contributed by atoms with E-state index in [9.17, 15) is 19.2 Å². The third-order valence-corrected chi connectivity index (χ3v) is 5.48. The zero-order valence-electron chi connectivity index (χ0n) is 11.0. The number of fused-ring (bicyclic) bond motifs is 5. The lowest BCUT2D eigenvalue weighted by Gasteiger charge is -2.29. The number of imide groups is 2. The van der Waals surface area contributed by atoms with Gasteiger partial charge in [-0.15, -0.1) is 0 Å². The summed E-state index contributed by atoms with van der Waals surface area (Å²) >= 11 is 0. The summed E-state index contributed by atoms with van der Waals surface area (Å²) in [6.45, 7) is 0. The van der Waals surface area contributed by atoms with Crippen LogP contribution < -0.4 is 5.32 Å². The van der Waals surface area contributed by atoms with Crippen molar-refractivity contribution >= 4 is 23.6 Å². The van der Waals surface area contributed by atoms with Crippen LogP contribution in [0.25, 0.3) is 0 Å². The first-order valence-electron chi connectivity index (χ1n) is 7.28. The SMILES string of the molecule is O=C1CC[C@H](N2C(=O)[C@H]3[C@H]4CC[C@@H](C4)[C@@H]3C2=O)C(=O)N1. The highest BCUT2D eigenvalue weighted by Crippen LogP contribution is 2.56. The molecule has 0 aromatic heterocycles. The first-order chi connectivity index (χ1) is 9.58. The van der Waals surface area contributed by atoms with Gasteiger partial charge in [0.15, 0.2) is 0 Å². The predicted molar refractivity (Wildman–Crippen MR) is 65.8 cm³/mol. The zero-order chi connectivity index (χ0) is 14.0. The Bertz CT molecular complexity index is 515. The van der Waals surface area contributed by atoms with Gasteiger partial charge in [0.05, 0.1) is 11.8 Å². The largest absolute Gasteiger partial charge is 0.295 e. The monoisotopic (exact) mass is 276 g/mol. The number of piperidine rings is 1. The van der Waals surface area contributed by atoms with Crippen molar-refractivity contribution in [2.75, 3.05) is 0 Å². The van der Waals surface area contributed by atoms with E-state index in [1.165, 1.54) is 4.90 Å². The van der Waals surface area contributed by atoms with Crippen LogP contribution in [0.1, 0.15) is 32.1 Å². The average molecular weight is 276 g/mol. The molecular formula is C14H16N2O4. The van der Waals surface area contributed by atoms with E-state index in [0.717, 1.165) is 19.3 Å². The Morgan fingerprint density at radius 2 is 1.50 bits per heavy atom.